The molecule has 0 spiro atoms. The summed E-state index contributed by atoms with van der Waals surface area (Å²) in [6, 6.07) is 7.84. The third-order valence-corrected chi connectivity index (χ3v) is 2.10. The Balaban J connectivity index is 2.57. The summed E-state index contributed by atoms with van der Waals surface area (Å²) in [5, 5.41) is 8.09. The van der Waals surface area contributed by atoms with Crippen LogP contribution in [-0.2, 0) is 4.84 Å². The molecule has 0 saturated heterocycles. The molecule has 0 fully saturated rings. The lowest BCUT2D eigenvalue weighted by Gasteiger charge is -2.05. The van der Waals surface area contributed by atoms with E-state index in [2.05, 4.69) is 10.2 Å². The van der Waals surface area contributed by atoms with Crippen molar-refractivity contribution in [2.75, 3.05) is 0 Å². The fraction of sp³-hybridized carbons (Fsp3) is 0.222. The van der Waals surface area contributed by atoms with Crippen molar-refractivity contribution in [3.05, 3.63) is 30.0 Å². The van der Waals surface area contributed by atoms with Crippen LogP contribution in [0.5, 0.6) is 0 Å². The lowest BCUT2D eigenvalue weighted by Crippen LogP contribution is -2.05. The SMILES string of the molecule is CC(ON)c1[nH]nc2ccccc12. The molecule has 1 unspecified atom stereocenters. The summed E-state index contributed by atoms with van der Waals surface area (Å²) >= 11 is 0. The highest BCUT2D eigenvalue weighted by Gasteiger charge is 2.10. The van der Waals surface area contributed by atoms with Crippen molar-refractivity contribution in [1.82, 2.24) is 10.2 Å². The fourth-order valence-corrected chi connectivity index (χ4v) is 1.36. The van der Waals surface area contributed by atoms with Gasteiger partial charge in [-0.05, 0) is 13.0 Å². The maximum Gasteiger partial charge on any atom is 0.118 e. The molecular weight excluding hydrogens is 166 g/mol. The molecule has 68 valence electrons. The minimum atomic E-state index is -0.160. The Morgan fingerprint density at radius 2 is 2.23 bits per heavy atom. The van der Waals surface area contributed by atoms with Crippen molar-refractivity contribution in [2.45, 2.75) is 13.0 Å². The van der Waals surface area contributed by atoms with Crippen molar-refractivity contribution in [1.29, 1.82) is 0 Å². The number of nitrogens with zero attached hydrogens (tertiary/aromatic N) is 1. The van der Waals surface area contributed by atoms with Crippen LogP contribution in [0.1, 0.15) is 18.7 Å². The van der Waals surface area contributed by atoms with Crippen molar-refractivity contribution in [3.63, 3.8) is 0 Å². The van der Waals surface area contributed by atoms with Crippen molar-refractivity contribution in [3.8, 4) is 0 Å². The van der Waals surface area contributed by atoms with Gasteiger partial charge in [-0.1, -0.05) is 18.2 Å². The van der Waals surface area contributed by atoms with Gasteiger partial charge in [-0.2, -0.15) is 5.10 Å². The third-order valence-electron chi connectivity index (χ3n) is 2.10. The van der Waals surface area contributed by atoms with Crippen molar-refractivity contribution in [2.24, 2.45) is 5.90 Å². The first-order chi connectivity index (χ1) is 6.33. The molecule has 0 bridgehead atoms. The largest absolute Gasteiger partial charge is 0.295 e. The Bertz CT molecular complexity index is 410. The van der Waals surface area contributed by atoms with E-state index >= 15 is 0 Å². The van der Waals surface area contributed by atoms with Gasteiger partial charge in [0.1, 0.15) is 6.10 Å². The molecular formula is C9H11N3O. The molecule has 0 amide bonds. The Hall–Kier alpha value is -1.39. The minimum absolute atomic E-state index is 0.160. The van der Waals surface area contributed by atoms with Crippen LogP contribution in [0.15, 0.2) is 24.3 Å². The Morgan fingerprint density at radius 3 is 3.00 bits per heavy atom. The maximum atomic E-state index is 5.11. The van der Waals surface area contributed by atoms with Crippen LogP contribution in [0, 0.1) is 0 Å². The number of hydrogen-bond acceptors (Lipinski definition) is 3. The zero-order valence-corrected chi connectivity index (χ0v) is 7.32. The summed E-state index contributed by atoms with van der Waals surface area (Å²) in [7, 11) is 0. The van der Waals surface area contributed by atoms with Gasteiger partial charge in [0, 0.05) is 5.39 Å². The molecule has 0 aliphatic heterocycles. The van der Waals surface area contributed by atoms with Crippen LogP contribution in [0.3, 0.4) is 0 Å². The van der Waals surface area contributed by atoms with Crippen LogP contribution < -0.4 is 5.90 Å². The van der Waals surface area contributed by atoms with E-state index in [0.29, 0.717) is 0 Å². The first-order valence-corrected chi connectivity index (χ1v) is 4.11. The second-order valence-corrected chi connectivity index (χ2v) is 2.93. The molecule has 0 aliphatic carbocycles. The first-order valence-electron chi connectivity index (χ1n) is 4.11. The molecule has 2 aromatic rings. The summed E-state index contributed by atoms with van der Waals surface area (Å²) < 4.78 is 0. The molecule has 4 heteroatoms. The molecule has 1 atom stereocenters. The van der Waals surface area contributed by atoms with Crippen LogP contribution in [-0.4, -0.2) is 10.2 Å². The van der Waals surface area contributed by atoms with Crippen LogP contribution in [0.4, 0.5) is 0 Å². The first kappa shape index (κ1) is 8.22. The number of para-hydroxylation sites is 1. The molecule has 4 nitrogen and oxygen atoms in total. The zero-order chi connectivity index (χ0) is 9.26. The molecule has 0 aliphatic rings. The number of rotatable bonds is 2. The predicted molar refractivity (Wildman–Crippen MR) is 49.8 cm³/mol. The van der Waals surface area contributed by atoms with Crippen LogP contribution >= 0.6 is 0 Å². The fourth-order valence-electron chi connectivity index (χ4n) is 1.36. The number of fused-ring (bicyclic) bond motifs is 1. The predicted octanol–water partition coefficient (Wildman–Crippen LogP) is 1.51. The molecule has 0 radical (unpaired) electrons. The summed E-state index contributed by atoms with van der Waals surface area (Å²) in [5.74, 6) is 5.11. The molecule has 1 heterocycles. The van der Waals surface area contributed by atoms with Gasteiger partial charge >= 0.3 is 0 Å². The number of nitrogens with one attached hydrogen (secondary N) is 1. The second kappa shape index (κ2) is 3.16. The third kappa shape index (κ3) is 1.30. The summed E-state index contributed by atoms with van der Waals surface area (Å²) in [6.45, 7) is 1.87. The van der Waals surface area contributed by atoms with E-state index in [4.69, 9.17) is 10.7 Å². The van der Waals surface area contributed by atoms with Gasteiger partial charge < -0.3 is 0 Å². The Labute approximate surface area is 75.6 Å². The highest BCUT2D eigenvalue weighted by atomic mass is 16.6. The van der Waals surface area contributed by atoms with Crippen LogP contribution in [0.2, 0.25) is 0 Å². The second-order valence-electron chi connectivity index (χ2n) is 2.93. The number of aromatic amines is 1. The highest BCUT2D eigenvalue weighted by Crippen LogP contribution is 2.22. The van der Waals surface area contributed by atoms with Gasteiger partial charge in [0.05, 0.1) is 11.2 Å². The quantitative estimate of drug-likeness (QED) is 0.683. The minimum Gasteiger partial charge on any atom is -0.295 e. The van der Waals surface area contributed by atoms with Gasteiger partial charge in [0.25, 0.3) is 0 Å². The molecule has 13 heavy (non-hydrogen) atoms. The Kier molecular flexibility index (Phi) is 2.00. The topological polar surface area (TPSA) is 63.9 Å². The zero-order valence-electron chi connectivity index (χ0n) is 7.32. The van der Waals surface area contributed by atoms with Gasteiger partial charge in [-0.3, -0.25) is 9.94 Å². The smallest absolute Gasteiger partial charge is 0.118 e. The van der Waals surface area contributed by atoms with Crippen LogP contribution in [0.25, 0.3) is 10.9 Å². The lowest BCUT2D eigenvalue weighted by molar-refractivity contribution is 0.0643. The molecule has 1 aromatic carbocycles. The average Bonchev–Trinajstić information content (AvgIpc) is 2.60. The summed E-state index contributed by atoms with van der Waals surface area (Å²) in [4.78, 5) is 4.73. The van der Waals surface area contributed by atoms with Gasteiger partial charge in [-0.25, -0.2) is 5.90 Å². The standard InChI is InChI=1S/C9H11N3O/c1-6(13-10)9-7-4-2-3-5-8(7)11-12-9/h2-6H,10H2,1H3,(H,11,12). The number of H-pyrrole nitrogens is 1. The van der Waals surface area contributed by atoms with E-state index in [9.17, 15) is 0 Å². The molecule has 1 aromatic heterocycles. The van der Waals surface area contributed by atoms with E-state index in [1.807, 2.05) is 31.2 Å². The summed E-state index contributed by atoms with van der Waals surface area (Å²) in [5.41, 5.74) is 1.85. The number of aromatic nitrogens is 2. The van der Waals surface area contributed by atoms with E-state index in [1.54, 1.807) is 0 Å². The molecule has 3 N–H and O–H groups in total. The van der Waals surface area contributed by atoms with E-state index in [-0.39, 0.29) is 6.10 Å². The van der Waals surface area contributed by atoms with Crippen molar-refractivity contribution >= 4 is 10.9 Å². The number of benzene rings is 1. The van der Waals surface area contributed by atoms with E-state index in [0.717, 1.165) is 16.6 Å². The Morgan fingerprint density at radius 1 is 1.46 bits per heavy atom. The maximum absolute atomic E-state index is 5.11. The molecule has 2 rings (SSSR count). The van der Waals surface area contributed by atoms with E-state index in [1.165, 1.54) is 0 Å². The lowest BCUT2D eigenvalue weighted by atomic mass is 10.1. The monoisotopic (exact) mass is 177 g/mol. The average molecular weight is 177 g/mol. The molecule has 0 saturated carbocycles. The van der Waals surface area contributed by atoms with Gasteiger partial charge in [0.15, 0.2) is 0 Å². The normalized spacial score (nSPS) is 13.4. The highest BCUT2D eigenvalue weighted by molar-refractivity contribution is 5.81. The number of nitrogens with two attached hydrogens (primary N) is 1. The summed E-state index contributed by atoms with van der Waals surface area (Å²) in [6.07, 6.45) is -0.160. The van der Waals surface area contributed by atoms with Gasteiger partial charge in [0.2, 0.25) is 0 Å². The van der Waals surface area contributed by atoms with E-state index < -0.39 is 0 Å². The van der Waals surface area contributed by atoms with Crippen molar-refractivity contribution < 1.29 is 4.84 Å². The number of hydrogen-bond donors (Lipinski definition) is 2. The van der Waals surface area contributed by atoms with Gasteiger partial charge in [-0.15, -0.1) is 0 Å².